The van der Waals surface area contributed by atoms with Crippen LogP contribution in [0.5, 0.6) is 0 Å². The summed E-state index contributed by atoms with van der Waals surface area (Å²) in [6, 6.07) is 12.4. The highest BCUT2D eigenvalue weighted by molar-refractivity contribution is 6.33. The number of nitriles is 1. The zero-order valence-electron chi connectivity index (χ0n) is 11.4. The zero-order chi connectivity index (χ0) is 16.1. The second kappa shape index (κ2) is 6.89. The van der Waals surface area contributed by atoms with E-state index in [4.69, 9.17) is 16.7 Å². The van der Waals surface area contributed by atoms with Crippen molar-refractivity contribution in [2.45, 2.75) is 0 Å². The zero-order valence-corrected chi connectivity index (χ0v) is 12.2. The van der Waals surface area contributed by atoms with Gasteiger partial charge in [-0.1, -0.05) is 41.9 Å². The Balaban J connectivity index is 2.74. The van der Waals surface area contributed by atoms with Crippen LogP contribution in [-0.4, -0.2) is 23.2 Å². The van der Waals surface area contributed by atoms with Gasteiger partial charge in [-0.15, -0.1) is 0 Å². The molecule has 0 aliphatic rings. The van der Waals surface area contributed by atoms with Crippen molar-refractivity contribution in [1.82, 2.24) is 0 Å². The Morgan fingerprint density at radius 3 is 2.59 bits per heavy atom. The largest absolute Gasteiger partial charge is 0.395 e. The number of anilines is 1. The molecule has 7 heteroatoms. The van der Waals surface area contributed by atoms with Crippen LogP contribution in [0.2, 0.25) is 5.02 Å². The third kappa shape index (κ3) is 3.01. The summed E-state index contributed by atoms with van der Waals surface area (Å²) < 4.78 is 0. The number of nitro benzene ring substituents is 1. The van der Waals surface area contributed by atoms with Crippen LogP contribution in [0.4, 0.5) is 11.4 Å². The van der Waals surface area contributed by atoms with Crippen LogP contribution in [-0.2, 0) is 0 Å². The van der Waals surface area contributed by atoms with Crippen molar-refractivity contribution in [3.63, 3.8) is 0 Å². The Morgan fingerprint density at radius 1 is 1.36 bits per heavy atom. The lowest BCUT2D eigenvalue weighted by molar-refractivity contribution is -0.383. The van der Waals surface area contributed by atoms with Crippen molar-refractivity contribution in [2.24, 2.45) is 0 Å². The molecule has 6 nitrogen and oxygen atoms in total. The molecule has 0 aromatic heterocycles. The van der Waals surface area contributed by atoms with Crippen molar-refractivity contribution in [1.29, 1.82) is 5.26 Å². The second-order valence-electron chi connectivity index (χ2n) is 4.39. The van der Waals surface area contributed by atoms with Gasteiger partial charge >= 0.3 is 5.69 Å². The van der Waals surface area contributed by atoms with E-state index < -0.39 is 4.92 Å². The van der Waals surface area contributed by atoms with Crippen LogP contribution < -0.4 is 5.32 Å². The number of nitrogens with zero attached hydrogens (tertiary/aromatic N) is 2. The minimum Gasteiger partial charge on any atom is -0.395 e. The predicted octanol–water partition coefficient (Wildman–Crippen LogP) is 3.19. The van der Waals surface area contributed by atoms with E-state index in [0.717, 1.165) is 5.56 Å². The Bertz CT molecular complexity index is 742. The van der Waals surface area contributed by atoms with Gasteiger partial charge < -0.3 is 10.4 Å². The topological polar surface area (TPSA) is 99.2 Å². The van der Waals surface area contributed by atoms with Crippen LogP contribution in [0.3, 0.4) is 0 Å². The molecule has 112 valence electrons. The van der Waals surface area contributed by atoms with Crippen molar-refractivity contribution >= 4 is 23.0 Å². The molecule has 0 spiro atoms. The molecule has 2 N–H and O–H groups in total. The van der Waals surface area contributed by atoms with Gasteiger partial charge in [-0.25, -0.2) is 0 Å². The minimum atomic E-state index is -0.641. The molecule has 2 rings (SSSR count). The summed E-state index contributed by atoms with van der Waals surface area (Å²) in [7, 11) is 0. The maximum Gasteiger partial charge on any atom is 0.312 e. The van der Waals surface area contributed by atoms with Gasteiger partial charge in [-0.05, 0) is 11.6 Å². The van der Waals surface area contributed by atoms with Crippen LogP contribution in [0, 0.1) is 21.4 Å². The van der Waals surface area contributed by atoms with E-state index in [9.17, 15) is 15.4 Å². The standard InChI is InChI=1S/C15H12ClN3O3/c16-13-8-11(10-4-2-1-3-5-10)12(9-17)14(18-6-7-20)15(13)19(21)22/h1-5,8,18,20H,6-7H2. The van der Waals surface area contributed by atoms with Gasteiger partial charge in [0.2, 0.25) is 0 Å². The molecule has 0 aliphatic heterocycles. The molecule has 0 heterocycles. The summed E-state index contributed by atoms with van der Waals surface area (Å²) >= 11 is 6.03. The van der Waals surface area contributed by atoms with Crippen LogP contribution >= 0.6 is 11.6 Å². The summed E-state index contributed by atoms with van der Waals surface area (Å²) in [6.45, 7) is -0.153. The van der Waals surface area contributed by atoms with E-state index in [1.807, 2.05) is 12.1 Å². The highest BCUT2D eigenvalue weighted by Gasteiger charge is 2.26. The van der Waals surface area contributed by atoms with E-state index in [2.05, 4.69) is 5.32 Å². The van der Waals surface area contributed by atoms with Gasteiger partial charge in [-0.3, -0.25) is 10.1 Å². The number of halogens is 1. The molecule has 22 heavy (non-hydrogen) atoms. The average Bonchev–Trinajstić information content (AvgIpc) is 2.52. The molecule has 0 amide bonds. The Labute approximate surface area is 131 Å². The predicted molar refractivity (Wildman–Crippen MR) is 83.8 cm³/mol. The van der Waals surface area contributed by atoms with E-state index >= 15 is 0 Å². The smallest absolute Gasteiger partial charge is 0.312 e. The Morgan fingerprint density at radius 2 is 2.05 bits per heavy atom. The molecular weight excluding hydrogens is 306 g/mol. The number of hydrogen-bond acceptors (Lipinski definition) is 5. The molecule has 0 radical (unpaired) electrons. The molecule has 0 fully saturated rings. The van der Waals surface area contributed by atoms with Crippen LogP contribution in [0.1, 0.15) is 5.56 Å². The first-order chi connectivity index (χ1) is 10.6. The monoisotopic (exact) mass is 317 g/mol. The third-order valence-electron chi connectivity index (χ3n) is 3.05. The lowest BCUT2D eigenvalue weighted by Crippen LogP contribution is -2.10. The fraction of sp³-hybridized carbons (Fsp3) is 0.133. The van der Waals surface area contributed by atoms with Gasteiger partial charge in [0.25, 0.3) is 0 Å². The molecule has 0 bridgehead atoms. The van der Waals surface area contributed by atoms with Gasteiger partial charge in [0.05, 0.1) is 17.1 Å². The summed E-state index contributed by atoms with van der Waals surface area (Å²) in [4.78, 5) is 10.6. The minimum absolute atomic E-state index is 0.0212. The first-order valence-electron chi connectivity index (χ1n) is 6.41. The van der Waals surface area contributed by atoms with Crippen LogP contribution in [0.25, 0.3) is 11.1 Å². The number of hydrogen-bond donors (Lipinski definition) is 2. The molecular formula is C15H12ClN3O3. The van der Waals surface area contributed by atoms with Gasteiger partial charge in [0.15, 0.2) is 0 Å². The number of aliphatic hydroxyl groups is 1. The lowest BCUT2D eigenvalue weighted by atomic mass is 9.97. The highest BCUT2D eigenvalue weighted by Crippen LogP contribution is 2.41. The maximum atomic E-state index is 11.2. The number of rotatable bonds is 5. The second-order valence-corrected chi connectivity index (χ2v) is 4.80. The van der Waals surface area contributed by atoms with Gasteiger partial charge in [0, 0.05) is 12.1 Å². The van der Waals surface area contributed by atoms with Crippen molar-refractivity contribution in [3.05, 3.63) is 57.1 Å². The molecule has 2 aromatic carbocycles. The summed E-state index contributed by atoms with van der Waals surface area (Å²) in [5, 5.41) is 32.2. The molecule has 0 unspecified atom stereocenters. The Kier molecular flexibility index (Phi) is 4.94. The molecule has 0 atom stereocenters. The molecule has 0 saturated heterocycles. The van der Waals surface area contributed by atoms with E-state index in [1.165, 1.54) is 6.07 Å². The molecule has 0 saturated carbocycles. The Hall–Kier alpha value is -2.62. The quantitative estimate of drug-likeness (QED) is 0.651. The van der Waals surface area contributed by atoms with Crippen molar-refractivity contribution < 1.29 is 10.0 Å². The van der Waals surface area contributed by atoms with E-state index in [1.54, 1.807) is 24.3 Å². The fourth-order valence-electron chi connectivity index (χ4n) is 2.13. The summed E-state index contributed by atoms with van der Waals surface area (Å²) in [5.41, 5.74) is 0.997. The summed E-state index contributed by atoms with van der Waals surface area (Å²) in [5.74, 6) is 0. The normalized spacial score (nSPS) is 10.0. The number of nitro groups is 1. The van der Waals surface area contributed by atoms with E-state index in [0.29, 0.717) is 5.56 Å². The molecule has 0 aliphatic carbocycles. The lowest BCUT2D eigenvalue weighted by Gasteiger charge is -2.13. The third-order valence-corrected chi connectivity index (χ3v) is 3.33. The SMILES string of the molecule is N#Cc1c(-c2ccccc2)cc(Cl)c([N+](=O)[O-])c1NCCO. The van der Waals surface area contributed by atoms with Crippen molar-refractivity contribution in [2.75, 3.05) is 18.5 Å². The number of nitrogens with one attached hydrogen (secondary N) is 1. The fourth-order valence-corrected chi connectivity index (χ4v) is 2.41. The number of benzene rings is 2. The highest BCUT2D eigenvalue weighted by atomic mass is 35.5. The molecule has 2 aromatic rings. The van der Waals surface area contributed by atoms with Crippen molar-refractivity contribution in [3.8, 4) is 17.2 Å². The first-order valence-corrected chi connectivity index (χ1v) is 6.79. The first kappa shape index (κ1) is 15.8. The van der Waals surface area contributed by atoms with Crippen LogP contribution in [0.15, 0.2) is 36.4 Å². The maximum absolute atomic E-state index is 11.2. The van der Waals surface area contributed by atoms with Gasteiger partial charge in [-0.2, -0.15) is 5.26 Å². The van der Waals surface area contributed by atoms with E-state index in [-0.39, 0.29) is 35.1 Å². The number of aliphatic hydroxyl groups excluding tert-OH is 1. The van der Waals surface area contributed by atoms with Gasteiger partial charge in [0.1, 0.15) is 16.8 Å². The average molecular weight is 318 g/mol. The summed E-state index contributed by atoms with van der Waals surface area (Å²) in [6.07, 6.45) is 0.